The summed E-state index contributed by atoms with van der Waals surface area (Å²) in [5.41, 5.74) is 1.40. The van der Waals surface area contributed by atoms with Crippen LogP contribution in [0.3, 0.4) is 0 Å². The third kappa shape index (κ3) is 3.57. The van der Waals surface area contributed by atoms with Gasteiger partial charge in [0.2, 0.25) is 0 Å². The lowest BCUT2D eigenvalue weighted by Gasteiger charge is -2.35. The summed E-state index contributed by atoms with van der Waals surface area (Å²) in [5.74, 6) is 0.797. The summed E-state index contributed by atoms with van der Waals surface area (Å²) in [4.78, 5) is 14.7. The Kier molecular flexibility index (Phi) is 5.53. The fourth-order valence-corrected chi connectivity index (χ4v) is 4.01. The van der Waals surface area contributed by atoms with Crippen molar-refractivity contribution in [2.24, 2.45) is 0 Å². The molecule has 4 rings (SSSR count). The maximum absolute atomic E-state index is 12.8. The Morgan fingerprint density at radius 1 is 1.19 bits per heavy atom. The molecule has 2 unspecified atom stereocenters. The molecule has 2 saturated heterocycles. The first-order chi connectivity index (χ1) is 12.1. The van der Waals surface area contributed by atoms with Gasteiger partial charge in [-0.1, -0.05) is 0 Å². The minimum atomic E-state index is -0.00133. The van der Waals surface area contributed by atoms with Crippen molar-refractivity contribution in [1.29, 1.82) is 0 Å². The summed E-state index contributed by atoms with van der Waals surface area (Å²) in [5, 5.41) is 8.10. The number of amides is 1. The van der Waals surface area contributed by atoms with E-state index in [4.69, 9.17) is 4.74 Å². The van der Waals surface area contributed by atoms with Crippen molar-refractivity contribution in [2.75, 3.05) is 14.2 Å². The first kappa shape index (κ1) is 18.7. The molecule has 0 saturated carbocycles. The second kappa shape index (κ2) is 7.68. The van der Waals surface area contributed by atoms with E-state index in [-0.39, 0.29) is 18.3 Å². The van der Waals surface area contributed by atoms with Crippen LogP contribution in [0.25, 0.3) is 5.69 Å². The van der Waals surface area contributed by atoms with E-state index in [9.17, 15) is 4.79 Å². The number of hydrogen-bond donors (Lipinski definition) is 1. The zero-order valence-electron chi connectivity index (χ0n) is 15.1. The highest BCUT2D eigenvalue weighted by Gasteiger charge is 2.36. The molecule has 2 aliphatic rings. The molecule has 2 aromatic rings. The third-order valence-corrected chi connectivity index (χ3v) is 5.46. The minimum Gasteiger partial charge on any atom is -0.497 e. The number of piperidine rings is 1. The molecule has 1 N–H and O–H groups in total. The van der Waals surface area contributed by atoms with E-state index in [0.717, 1.165) is 24.3 Å². The van der Waals surface area contributed by atoms with Gasteiger partial charge in [-0.25, -0.2) is 4.68 Å². The average Bonchev–Trinajstić information content (AvgIpc) is 3.27. The molecule has 140 valence electrons. The van der Waals surface area contributed by atoms with Crippen molar-refractivity contribution in [3.63, 3.8) is 0 Å². The lowest BCUT2D eigenvalue weighted by Crippen LogP contribution is -2.48. The molecule has 0 radical (unpaired) electrons. The fourth-order valence-electron chi connectivity index (χ4n) is 4.01. The Morgan fingerprint density at radius 2 is 1.85 bits per heavy atom. The summed E-state index contributed by atoms with van der Waals surface area (Å²) in [6.07, 6.45) is 6.37. The number of nitrogens with zero attached hydrogens (tertiary/aromatic N) is 3. The van der Waals surface area contributed by atoms with Crippen molar-refractivity contribution in [3.05, 3.63) is 42.2 Å². The van der Waals surface area contributed by atoms with Gasteiger partial charge in [0.15, 0.2) is 5.69 Å². The van der Waals surface area contributed by atoms with Crippen LogP contribution in [-0.4, -0.2) is 52.9 Å². The normalized spacial score (nSPS) is 24.0. The zero-order valence-corrected chi connectivity index (χ0v) is 15.9. The number of carbonyl (C=O) groups excluding carboxylic acids is 1. The first-order valence-corrected chi connectivity index (χ1v) is 8.87. The van der Waals surface area contributed by atoms with E-state index < -0.39 is 0 Å². The van der Waals surface area contributed by atoms with Gasteiger partial charge >= 0.3 is 0 Å². The van der Waals surface area contributed by atoms with E-state index in [2.05, 4.69) is 10.4 Å². The van der Waals surface area contributed by atoms with Gasteiger partial charge in [0.1, 0.15) is 5.75 Å². The van der Waals surface area contributed by atoms with E-state index in [1.54, 1.807) is 17.9 Å². The van der Waals surface area contributed by atoms with Crippen LogP contribution in [0.2, 0.25) is 0 Å². The lowest BCUT2D eigenvalue weighted by atomic mass is 9.98. The molecule has 3 heterocycles. The number of methoxy groups -OCH3 is 1. The Morgan fingerprint density at radius 3 is 2.46 bits per heavy atom. The van der Waals surface area contributed by atoms with Gasteiger partial charge in [-0.15, -0.1) is 12.4 Å². The Bertz CT molecular complexity index is 749. The van der Waals surface area contributed by atoms with Crippen molar-refractivity contribution < 1.29 is 9.53 Å². The summed E-state index contributed by atoms with van der Waals surface area (Å²) in [6.45, 7) is 0. The molecule has 2 fully saturated rings. The maximum Gasteiger partial charge on any atom is 0.274 e. The number of hydrogen-bond acceptors (Lipinski definition) is 4. The largest absolute Gasteiger partial charge is 0.497 e. The number of benzene rings is 1. The highest BCUT2D eigenvalue weighted by molar-refractivity contribution is 5.92. The van der Waals surface area contributed by atoms with Crippen LogP contribution in [0.5, 0.6) is 5.75 Å². The number of rotatable bonds is 4. The van der Waals surface area contributed by atoms with Gasteiger partial charge in [0, 0.05) is 31.4 Å². The SMILES string of the molecule is COc1ccc(-n2ccc(C(=O)N(C)C3CC4CCC(C3)N4)n2)cc1.Cl. The smallest absolute Gasteiger partial charge is 0.274 e. The standard InChI is InChI=1S/C19H24N4O2.ClH/c1-22(16-11-13-3-4-14(12-16)20-13)19(24)18-9-10-23(21-18)15-5-7-17(25-2)8-6-15;/h5-10,13-14,16,20H,3-4,11-12H2,1-2H3;1H. The zero-order chi connectivity index (χ0) is 17.4. The second-order valence-electron chi connectivity index (χ2n) is 7.02. The van der Waals surface area contributed by atoms with Gasteiger partial charge in [0.25, 0.3) is 5.91 Å². The first-order valence-electron chi connectivity index (χ1n) is 8.87. The monoisotopic (exact) mass is 376 g/mol. The highest BCUT2D eigenvalue weighted by atomic mass is 35.5. The summed E-state index contributed by atoms with van der Waals surface area (Å²) in [6, 6.07) is 10.8. The Hall–Kier alpha value is -2.05. The predicted octanol–water partition coefficient (Wildman–Crippen LogP) is 2.66. The van der Waals surface area contributed by atoms with Crippen molar-refractivity contribution in [1.82, 2.24) is 20.0 Å². The maximum atomic E-state index is 12.8. The van der Waals surface area contributed by atoms with E-state index in [1.807, 2.05) is 42.4 Å². The number of fused-ring (bicyclic) bond motifs is 2. The predicted molar refractivity (Wildman–Crippen MR) is 102 cm³/mol. The molecule has 6 nitrogen and oxygen atoms in total. The van der Waals surface area contributed by atoms with Gasteiger partial charge in [-0.3, -0.25) is 4.79 Å². The molecule has 2 atom stereocenters. The van der Waals surface area contributed by atoms with E-state index in [0.29, 0.717) is 23.8 Å². The van der Waals surface area contributed by atoms with Gasteiger partial charge < -0.3 is 15.0 Å². The second-order valence-corrected chi connectivity index (χ2v) is 7.02. The third-order valence-electron chi connectivity index (χ3n) is 5.46. The molecule has 1 amide bonds. The van der Waals surface area contributed by atoms with Crippen LogP contribution in [0.15, 0.2) is 36.5 Å². The van der Waals surface area contributed by atoms with Crippen LogP contribution in [0.4, 0.5) is 0 Å². The molecular weight excluding hydrogens is 352 g/mol. The van der Waals surface area contributed by atoms with Crippen LogP contribution in [0, 0.1) is 0 Å². The van der Waals surface area contributed by atoms with E-state index in [1.165, 1.54) is 12.8 Å². The van der Waals surface area contributed by atoms with Gasteiger partial charge in [0.05, 0.1) is 12.8 Å². The van der Waals surface area contributed by atoms with Gasteiger partial charge in [-0.2, -0.15) is 5.10 Å². The fraction of sp³-hybridized carbons (Fsp3) is 0.474. The molecule has 1 aromatic carbocycles. The van der Waals surface area contributed by atoms with Crippen molar-refractivity contribution >= 4 is 18.3 Å². The average molecular weight is 377 g/mol. The summed E-state index contributed by atoms with van der Waals surface area (Å²) >= 11 is 0. The number of halogens is 1. The molecule has 7 heteroatoms. The van der Waals surface area contributed by atoms with E-state index >= 15 is 0 Å². The Balaban J connectivity index is 0.00000196. The molecule has 1 aromatic heterocycles. The Labute approximate surface area is 159 Å². The molecule has 2 bridgehead atoms. The number of aromatic nitrogens is 2. The van der Waals surface area contributed by atoms with Gasteiger partial charge in [-0.05, 0) is 56.0 Å². The van der Waals surface area contributed by atoms with Crippen molar-refractivity contribution in [3.8, 4) is 11.4 Å². The summed E-state index contributed by atoms with van der Waals surface area (Å²) < 4.78 is 6.90. The molecular formula is C19H25ClN4O2. The molecule has 26 heavy (non-hydrogen) atoms. The van der Waals surface area contributed by atoms with Crippen LogP contribution in [-0.2, 0) is 0 Å². The topological polar surface area (TPSA) is 59.4 Å². The van der Waals surface area contributed by atoms with Crippen molar-refractivity contribution in [2.45, 2.75) is 43.8 Å². The molecule has 2 aliphatic heterocycles. The van der Waals surface area contributed by atoms with Crippen LogP contribution < -0.4 is 10.1 Å². The van der Waals surface area contributed by atoms with Crippen LogP contribution >= 0.6 is 12.4 Å². The number of carbonyl (C=O) groups is 1. The molecule has 0 spiro atoms. The molecule has 0 aliphatic carbocycles. The lowest BCUT2D eigenvalue weighted by molar-refractivity contribution is 0.0675. The number of nitrogens with one attached hydrogen (secondary N) is 1. The highest BCUT2D eigenvalue weighted by Crippen LogP contribution is 2.29. The quantitative estimate of drug-likeness (QED) is 0.891. The minimum absolute atomic E-state index is 0. The van der Waals surface area contributed by atoms with Crippen LogP contribution in [0.1, 0.15) is 36.2 Å². The summed E-state index contributed by atoms with van der Waals surface area (Å²) in [7, 11) is 3.55. The number of ether oxygens (including phenoxy) is 1.